The van der Waals surface area contributed by atoms with Gasteiger partial charge in [-0.25, -0.2) is 23.7 Å². The van der Waals surface area contributed by atoms with E-state index in [-0.39, 0.29) is 49.8 Å². The monoisotopic (exact) mass is 694 g/mol. The van der Waals surface area contributed by atoms with Crippen molar-refractivity contribution in [3.63, 3.8) is 0 Å². The summed E-state index contributed by atoms with van der Waals surface area (Å²) < 4.78 is 31.3. The Bertz CT molecular complexity index is 1850. The second kappa shape index (κ2) is 12.6. The summed E-state index contributed by atoms with van der Waals surface area (Å²) in [5, 5.41) is 7.50. The summed E-state index contributed by atoms with van der Waals surface area (Å²) >= 11 is 3.22. The zero-order valence-electron chi connectivity index (χ0n) is 24.9. The van der Waals surface area contributed by atoms with Gasteiger partial charge in [0.1, 0.15) is 52.9 Å². The Morgan fingerprint density at radius 1 is 0.957 bits per heavy atom. The van der Waals surface area contributed by atoms with Gasteiger partial charge in [-0.15, -0.1) is 0 Å². The lowest BCUT2D eigenvalue weighted by atomic mass is 10.0. The largest absolute Gasteiger partial charge is 0.326 e. The van der Waals surface area contributed by atoms with E-state index in [4.69, 9.17) is 0 Å². The van der Waals surface area contributed by atoms with Crippen LogP contribution in [0.25, 0.3) is 22.0 Å². The second-order valence-corrected chi connectivity index (χ2v) is 12.2. The van der Waals surface area contributed by atoms with Crippen molar-refractivity contribution in [3.05, 3.63) is 64.9 Å². The van der Waals surface area contributed by atoms with Crippen molar-refractivity contribution in [2.75, 3.05) is 18.4 Å². The number of aryl methyl sites for hydroxylation is 1. The molecule has 2 aliphatic rings. The molecular formula is C31H29BrF2N8O4. The van der Waals surface area contributed by atoms with Crippen molar-refractivity contribution in [2.45, 2.75) is 57.7 Å². The second-order valence-electron chi connectivity index (χ2n) is 11.4. The van der Waals surface area contributed by atoms with Crippen molar-refractivity contribution in [2.24, 2.45) is 0 Å². The standard InChI is InChI=1S/C31H29BrF2N8O4/c1-16(43)29-22-8-18(19-11-35-17(2)36-12-19)6-7-23(22)42(39-29)15-28(44)40-13-21(34)10-25(40)31(46)41-14-20(33)9-24(41)30(45)38-27-5-3-4-26(32)37-27/h3-8,11-12,20-21,24-25H,9-10,13-15H2,1-2H3,(H,37,38,45)/t20-,21-,24+,25+/m1/s1. The molecule has 238 valence electrons. The van der Waals surface area contributed by atoms with E-state index in [0.29, 0.717) is 21.3 Å². The summed E-state index contributed by atoms with van der Waals surface area (Å²) in [5.74, 6) is -1.45. The average Bonchev–Trinajstić information content (AvgIpc) is 3.72. The topological polar surface area (TPSA) is 143 Å². The molecule has 3 aromatic heterocycles. The quantitative estimate of drug-likeness (QED) is 0.228. The molecule has 15 heteroatoms. The van der Waals surface area contributed by atoms with E-state index < -0.39 is 42.1 Å². The highest BCUT2D eigenvalue weighted by Crippen LogP contribution is 2.30. The average molecular weight is 696 g/mol. The van der Waals surface area contributed by atoms with E-state index in [2.05, 4.69) is 41.3 Å². The lowest BCUT2D eigenvalue weighted by Crippen LogP contribution is -2.52. The summed E-state index contributed by atoms with van der Waals surface area (Å²) in [6.07, 6.45) is -0.171. The third kappa shape index (κ3) is 6.23. The summed E-state index contributed by atoms with van der Waals surface area (Å²) in [5.41, 5.74) is 2.12. The first-order valence-electron chi connectivity index (χ1n) is 14.6. The van der Waals surface area contributed by atoms with E-state index >= 15 is 0 Å². The van der Waals surface area contributed by atoms with Crippen LogP contribution in [0, 0.1) is 6.92 Å². The van der Waals surface area contributed by atoms with E-state index in [1.807, 2.05) is 0 Å². The number of benzene rings is 1. The highest BCUT2D eigenvalue weighted by atomic mass is 79.9. The number of hydrogen-bond acceptors (Lipinski definition) is 8. The van der Waals surface area contributed by atoms with E-state index in [0.717, 1.165) is 20.9 Å². The van der Waals surface area contributed by atoms with Gasteiger partial charge in [-0.05, 0) is 52.7 Å². The molecule has 2 aliphatic heterocycles. The van der Waals surface area contributed by atoms with Gasteiger partial charge in [-0.1, -0.05) is 12.1 Å². The molecule has 2 saturated heterocycles. The highest BCUT2D eigenvalue weighted by molar-refractivity contribution is 9.10. The molecule has 0 saturated carbocycles. The van der Waals surface area contributed by atoms with Crippen LogP contribution < -0.4 is 5.32 Å². The lowest BCUT2D eigenvalue weighted by Gasteiger charge is -2.30. The molecule has 3 amide bonds. The van der Waals surface area contributed by atoms with Crippen LogP contribution in [0.4, 0.5) is 14.6 Å². The number of hydrogen-bond donors (Lipinski definition) is 1. The van der Waals surface area contributed by atoms with Gasteiger partial charge in [0.25, 0.3) is 0 Å². The van der Waals surface area contributed by atoms with Crippen LogP contribution in [0.1, 0.15) is 36.1 Å². The van der Waals surface area contributed by atoms with Gasteiger partial charge in [0.05, 0.1) is 18.6 Å². The first-order valence-corrected chi connectivity index (χ1v) is 15.4. The van der Waals surface area contributed by atoms with Gasteiger partial charge in [0.2, 0.25) is 17.7 Å². The maximum absolute atomic E-state index is 14.8. The first kappa shape index (κ1) is 31.3. The number of aromatic nitrogens is 5. The number of halogens is 3. The molecule has 0 unspecified atom stereocenters. The maximum atomic E-state index is 14.8. The van der Waals surface area contributed by atoms with Crippen LogP contribution >= 0.6 is 15.9 Å². The lowest BCUT2D eigenvalue weighted by molar-refractivity contribution is -0.146. The predicted molar refractivity (Wildman–Crippen MR) is 166 cm³/mol. The minimum absolute atomic E-state index is 0.148. The third-order valence-corrected chi connectivity index (χ3v) is 8.58. The van der Waals surface area contributed by atoms with Crippen molar-refractivity contribution in [3.8, 4) is 11.1 Å². The highest BCUT2D eigenvalue weighted by Gasteiger charge is 2.47. The Morgan fingerprint density at radius 2 is 1.65 bits per heavy atom. The zero-order valence-corrected chi connectivity index (χ0v) is 26.4. The molecule has 12 nitrogen and oxygen atoms in total. The van der Waals surface area contributed by atoms with Gasteiger partial charge < -0.3 is 15.1 Å². The summed E-state index contributed by atoms with van der Waals surface area (Å²) in [7, 11) is 0. The van der Waals surface area contributed by atoms with Crippen molar-refractivity contribution < 1.29 is 28.0 Å². The van der Waals surface area contributed by atoms with Crippen LogP contribution in [0.2, 0.25) is 0 Å². The number of Topliss-reactive ketones (excluding diaryl/α,β-unsaturated/α-hetero) is 1. The minimum atomic E-state index is -1.50. The molecule has 0 radical (unpaired) electrons. The van der Waals surface area contributed by atoms with Crippen molar-refractivity contribution in [1.29, 1.82) is 0 Å². The van der Waals surface area contributed by atoms with Gasteiger partial charge in [-0.2, -0.15) is 5.10 Å². The van der Waals surface area contributed by atoms with Gasteiger partial charge in [0, 0.05) is 43.1 Å². The number of carbonyl (C=O) groups excluding carboxylic acids is 4. The SMILES string of the molecule is CC(=O)c1nn(CC(=O)N2C[C@H](F)C[C@H]2C(=O)N2C[C@H](F)C[C@H]2C(=O)Nc2cccc(Br)n2)c2ccc(-c3cnc(C)nc3)cc12. The van der Waals surface area contributed by atoms with Gasteiger partial charge >= 0.3 is 0 Å². The number of nitrogens with zero attached hydrogens (tertiary/aromatic N) is 7. The summed E-state index contributed by atoms with van der Waals surface area (Å²) in [4.78, 5) is 67.8. The fourth-order valence-corrected chi connectivity index (χ4v) is 6.29. The fraction of sp³-hybridized carbons (Fsp3) is 0.355. The van der Waals surface area contributed by atoms with Crippen LogP contribution in [0.15, 0.2) is 53.4 Å². The number of alkyl halides is 2. The number of carbonyl (C=O) groups is 4. The van der Waals surface area contributed by atoms with E-state index in [1.54, 1.807) is 55.7 Å². The molecule has 0 aliphatic carbocycles. The number of nitrogens with one attached hydrogen (secondary N) is 1. The third-order valence-electron chi connectivity index (χ3n) is 8.14. The summed E-state index contributed by atoms with van der Waals surface area (Å²) in [6.45, 7) is 2.05. The number of amides is 3. The first-order chi connectivity index (χ1) is 22.0. The van der Waals surface area contributed by atoms with Crippen molar-refractivity contribution in [1.82, 2.24) is 34.5 Å². The Morgan fingerprint density at radius 3 is 2.35 bits per heavy atom. The smallest absolute Gasteiger partial charge is 0.248 e. The van der Waals surface area contributed by atoms with E-state index in [1.165, 1.54) is 11.6 Å². The number of likely N-dealkylation sites (tertiary alicyclic amines) is 2. The Hall–Kier alpha value is -4.66. The zero-order chi connectivity index (χ0) is 32.7. The normalized spacial score (nSPS) is 21.2. The van der Waals surface area contributed by atoms with Crippen LogP contribution in [-0.2, 0) is 20.9 Å². The molecule has 0 spiro atoms. The van der Waals surface area contributed by atoms with Gasteiger partial charge in [0.15, 0.2) is 5.78 Å². The fourth-order valence-electron chi connectivity index (χ4n) is 5.95. The Balaban J connectivity index is 1.23. The van der Waals surface area contributed by atoms with Crippen LogP contribution in [0.3, 0.4) is 0 Å². The molecular weight excluding hydrogens is 666 g/mol. The minimum Gasteiger partial charge on any atom is -0.326 e. The molecule has 2 fully saturated rings. The molecule has 46 heavy (non-hydrogen) atoms. The number of fused-ring (bicyclic) bond motifs is 1. The van der Waals surface area contributed by atoms with E-state index in [9.17, 15) is 28.0 Å². The molecule has 6 rings (SSSR count). The molecule has 4 atom stereocenters. The molecule has 0 bridgehead atoms. The number of rotatable bonds is 7. The number of pyridine rings is 1. The number of anilines is 1. The molecule has 1 aromatic carbocycles. The van der Waals surface area contributed by atoms with Crippen LogP contribution in [-0.4, -0.2) is 95.6 Å². The predicted octanol–water partition coefficient (Wildman–Crippen LogP) is 3.68. The Labute approximate surface area is 270 Å². The van der Waals surface area contributed by atoms with Crippen molar-refractivity contribution >= 4 is 56.2 Å². The Kier molecular flexibility index (Phi) is 8.59. The summed E-state index contributed by atoms with van der Waals surface area (Å²) in [6, 6.07) is 7.75. The number of ketones is 1. The maximum Gasteiger partial charge on any atom is 0.248 e. The molecule has 4 aromatic rings. The molecule has 1 N–H and O–H groups in total. The van der Waals surface area contributed by atoms with Gasteiger partial charge in [-0.3, -0.25) is 23.9 Å². The van der Waals surface area contributed by atoms with Crippen LogP contribution in [0.5, 0.6) is 0 Å². The molecule has 5 heterocycles.